The molecule has 0 radical (unpaired) electrons. The van der Waals surface area contributed by atoms with Gasteiger partial charge >= 0.3 is 0 Å². The first kappa shape index (κ1) is 14.7. The summed E-state index contributed by atoms with van der Waals surface area (Å²) in [5.74, 6) is 0.782. The van der Waals surface area contributed by atoms with E-state index < -0.39 is 0 Å². The minimum absolute atomic E-state index is 0.0472. The molecule has 3 heterocycles. The van der Waals surface area contributed by atoms with Gasteiger partial charge in [0.2, 0.25) is 0 Å². The van der Waals surface area contributed by atoms with Crippen LogP contribution in [0.15, 0.2) is 30.6 Å². The summed E-state index contributed by atoms with van der Waals surface area (Å²) in [5.41, 5.74) is 7.48. The number of pyridine rings is 1. The van der Waals surface area contributed by atoms with E-state index in [4.69, 9.17) is 5.73 Å². The van der Waals surface area contributed by atoms with Crippen LogP contribution >= 0.6 is 0 Å². The van der Waals surface area contributed by atoms with E-state index in [0.717, 1.165) is 43.9 Å². The standard InChI is InChI=1S/C16H21N5O/c1-2-14-13(16(22)20-9-6-12(17)7-10-20)11-19-21(14)15-5-3-4-8-18-15/h3-5,8,11-12H,2,6-7,9-10,17H2,1H3. The van der Waals surface area contributed by atoms with Crippen molar-refractivity contribution in [2.75, 3.05) is 13.1 Å². The molecular formula is C16H21N5O. The van der Waals surface area contributed by atoms with Crippen LogP contribution in [-0.4, -0.2) is 44.7 Å². The molecule has 1 saturated heterocycles. The molecule has 0 aliphatic carbocycles. The molecule has 6 heteroatoms. The van der Waals surface area contributed by atoms with Crippen LogP contribution in [0, 0.1) is 0 Å². The highest BCUT2D eigenvalue weighted by Crippen LogP contribution is 2.18. The van der Waals surface area contributed by atoms with Crippen LogP contribution < -0.4 is 5.73 Å². The molecule has 22 heavy (non-hydrogen) atoms. The van der Waals surface area contributed by atoms with Gasteiger partial charge in [-0.15, -0.1) is 0 Å². The topological polar surface area (TPSA) is 77.0 Å². The summed E-state index contributed by atoms with van der Waals surface area (Å²) in [6, 6.07) is 5.88. The van der Waals surface area contributed by atoms with Gasteiger partial charge < -0.3 is 10.6 Å². The van der Waals surface area contributed by atoms with Gasteiger partial charge in [-0.05, 0) is 31.4 Å². The monoisotopic (exact) mass is 299 g/mol. The molecule has 0 spiro atoms. The van der Waals surface area contributed by atoms with E-state index in [1.807, 2.05) is 30.0 Å². The predicted molar refractivity (Wildman–Crippen MR) is 83.8 cm³/mol. The average molecular weight is 299 g/mol. The Kier molecular flexibility index (Phi) is 4.20. The quantitative estimate of drug-likeness (QED) is 0.929. The molecule has 0 saturated carbocycles. The van der Waals surface area contributed by atoms with Crippen LogP contribution in [0.3, 0.4) is 0 Å². The molecule has 3 rings (SSSR count). The van der Waals surface area contributed by atoms with Crippen LogP contribution in [-0.2, 0) is 6.42 Å². The summed E-state index contributed by atoms with van der Waals surface area (Å²) in [5, 5.41) is 4.37. The minimum atomic E-state index is 0.0472. The Morgan fingerprint density at radius 1 is 1.36 bits per heavy atom. The summed E-state index contributed by atoms with van der Waals surface area (Å²) in [6.45, 7) is 3.47. The number of piperidine rings is 1. The Balaban J connectivity index is 1.88. The van der Waals surface area contributed by atoms with Crippen molar-refractivity contribution in [1.29, 1.82) is 0 Å². The van der Waals surface area contributed by atoms with Crippen LogP contribution in [0.4, 0.5) is 0 Å². The second kappa shape index (κ2) is 6.27. The molecule has 1 aliphatic heterocycles. The van der Waals surface area contributed by atoms with Gasteiger partial charge in [0.1, 0.15) is 0 Å². The van der Waals surface area contributed by atoms with E-state index in [1.54, 1.807) is 17.1 Å². The Morgan fingerprint density at radius 2 is 2.14 bits per heavy atom. The molecule has 116 valence electrons. The smallest absolute Gasteiger partial charge is 0.257 e. The molecule has 0 atom stereocenters. The van der Waals surface area contributed by atoms with Gasteiger partial charge in [-0.3, -0.25) is 4.79 Å². The van der Waals surface area contributed by atoms with Gasteiger partial charge in [-0.25, -0.2) is 9.67 Å². The van der Waals surface area contributed by atoms with Crippen molar-refractivity contribution in [3.05, 3.63) is 41.9 Å². The lowest BCUT2D eigenvalue weighted by atomic mass is 10.0. The number of hydrogen-bond donors (Lipinski definition) is 1. The molecule has 2 N–H and O–H groups in total. The Bertz CT molecular complexity index is 644. The van der Waals surface area contributed by atoms with Crippen molar-refractivity contribution in [3.8, 4) is 5.82 Å². The number of hydrogen-bond acceptors (Lipinski definition) is 4. The molecule has 2 aromatic heterocycles. The zero-order valence-corrected chi connectivity index (χ0v) is 12.8. The fraction of sp³-hybridized carbons (Fsp3) is 0.438. The first-order chi connectivity index (χ1) is 10.7. The molecule has 0 unspecified atom stereocenters. The summed E-state index contributed by atoms with van der Waals surface area (Å²) >= 11 is 0. The first-order valence-electron chi connectivity index (χ1n) is 7.74. The predicted octanol–water partition coefficient (Wildman–Crippen LogP) is 1.39. The van der Waals surface area contributed by atoms with Crippen molar-refractivity contribution in [3.63, 3.8) is 0 Å². The first-order valence-corrected chi connectivity index (χ1v) is 7.74. The molecule has 1 amide bonds. The fourth-order valence-electron chi connectivity index (χ4n) is 2.84. The number of nitrogens with zero attached hydrogens (tertiary/aromatic N) is 4. The number of aromatic nitrogens is 3. The number of likely N-dealkylation sites (tertiary alicyclic amines) is 1. The van der Waals surface area contributed by atoms with Gasteiger partial charge in [0.25, 0.3) is 5.91 Å². The lowest BCUT2D eigenvalue weighted by molar-refractivity contribution is 0.0713. The molecule has 2 aromatic rings. The third kappa shape index (κ3) is 2.74. The SMILES string of the molecule is CCc1c(C(=O)N2CCC(N)CC2)cnn1-c1ccccn1. The molecule has 0 bridgehead atoms. The Labute approximate surface area is 129 Å². The zero-order chi connectivity index (χ0) is 15.5. The lowest BCUT2D eigenvalue weighted by Gasteiger charge is -2.30. The molecule has 0 aromatic carbocycles. The average Bonchev–Trinajstić information content (AvgIpc) is 2.99. The van der Waals surface area contributed by atoms with Gasteiger partial charge in [0.15, 0.2) is 5.82 Å². The maximum absolute atomic E-state index is 12.7. The molecule has 1 aliphatic rings. The number of carbonyl (C=O) groups is 1. The fourth-order valence-corrected chi connectivity index (χ4v) is 2.84. The van der Waals surface area contributed by atoms with Crippen molar-refractivity contribution in [1.82, 2.24) is 19.7 Å². The van der Waals surface area contributed by atoms with Gasteiger partial charge in [0.05, 0.1) is 17.5 Å². The van der Waals surface area contributed by atoms with Crippen molar-refractivity contribution >= 4 is 5.91 Å². The van der Waals surface area contributed by atoms with Crippen molar-refractivity contribution in [2.45, 2.75) is 32.2 Å². The third-order valence-electron chi connectivity index (χ3n) is 4.13. The van der Waals surface area contributed by atoms with E-state index in [0.29, 0.717) is 5.56 Å². The van der Waals surface area contributed by atoms with Crippen molar-refractivity contribution in [2.24, 2.45) is 5.73 Å². The van der Waals surface area contributed by atoms with Crippen molar-refractivity contribution < 1.29 is 4.79 Å². The highest BCUT2D eigenvalue weighted by atomic mass is 16.2. The van der Waals surface area contributed by atoms with Gasteiger partial charge in [-0.1, -0.05) is 13.0 Å². The molecule has 6 nitrogen and oxygen atoms in total. The number of nitrogens with two attached hydrogens (primary N) is 1. The minimum Gasteiger partial charge on any atom is -0.338 e. The van der Waals surface area contributed by atoms with Crippen LogP contribution in [0.25, 0.3) is 5.82 Å². The lowest BCUT2D eigenvalue weighted by Crippen LogP contribution is -2.43. The van der Waals surface area contributed by atoms with Crippen LogP contribution in [0.2, 0.25) is 0 Å². The zero-order valence-electron chi connectivity index (χ0n) is 12.8. The van der Waals surface area contributed by atoms with Crippen LogP contribution in [0.5, 0.6) is 0 Å². The Morgan fingerprint density at radius 3 is 2.77 bits per heavy atom. The number of carbonyl (C=O) groups excluding carboxylic acids is 1. The third-order valence-corrected chi connectivity index (χ3v) is 4.13. The maximum atomic E-state index is 12.7. The second-order valence-electron chi connectivity index (χ2n) is 5.59. The second-order valence-corrected chi connectivity index (χ2v) is 5.59. The number of rotatable bonds is 3. The van der Waals surface area contributed by atoms with Gasteiger partial charge in [0, 0.05) is 25.3 Å². The number of amides is 1. The highest BCUT2D eigenvalue weighted by Gasteiger charge is 2.25. The Hall–Kier alpha value is -2.21. The summed E-state index contributed by atoms with van der Waals surface area (Å²) in [6.07, 6.45) is 5.84. The summed E-state index contributed by atoms with van der Waals surface area (Å²) < 4.78 is 1.75. The van der Waals surface area contributed by atoms with E-state index in [-0.39, 0.29) is 11.9 Å². The summed E-state index contributed by atoms with van der Waals surface area (Å²) in [7, 11) is 0. The normalized spacial score (nSPS) is 16.0. The summed E-state index contributed by atoms with van der Waals surface area (Å²) in [4.78, 5) is 18.9. The van der Waals surface area contributed by atoms with E-state index in [1.165, 1.54) is 0 Å². The van der Waals surface area contributed by atoms with E-state index in [9.17, 15) is 4.79 Å². The van der Waals surface area contributed by atoms with E-state index in [2.05, 4.69) is 10.1 Å². The highest BCUT2D eigenvalue weighted by molar-refractivity contribution is 5.95. The largest absolute Gasteiger partial charge is 0.338 e. The van der Waals surface area contributed by atoms with Crippen LogP contribution in [0.1, 0.15) is 35.8 Å². The maximum Gasteiger partial charge on any atom is 0.257 e. The molecular weight excluding hydrogens is 278 g/mol. The van der Waals surface area contributed by atoms with Gasteiger partial charge in [-0.2, -0.15) is 5.10 Å². The molecule has 1 fully saturated rings. The van der Waals surface area contributed by atoms with E-state index >= 15 is 0 Å².